The SMILES string of the molecule is Nc1ccc2c(c1)C(CO)NCC2. The molecule has 3 heteroatoms. The van der Waals surface area contributed by atoms with E-state index in [9.17, 15) is 0 Å². The van der Waals surface area contributed by atoms with Crippen molar-refractivity contribution in [2.24, 2.45) is 0 Å². The number of rotatable bonds is 1. The van der Waals surface area contributed by atoms with E-state index in [0.717, 1.165) is 24.2 Å². The summed E-state index contributed by atoms with van der Waals surface area (Å²) in [5.41, 5.74) is 8.90. The van der Waals surface area contributed by atoms with Crippen LogP contribution in [0.5, 0.6) is 0 Å². The predicted molar refractivity (Wildman–Crippen MR) is 52.4 cm³/mol. The highest BCUT2D eigenvalue weighted by molar-refractivity contribution is 5.47. The highest BCUT2D eigenvalue weighted by Gasteiger charge is 2.18. The topological polar surface area (TPSA) is 58.3 Å². The van der Waals surface area contributed by atoms with Gasteiger partial charge in [-0.15, -0.1) is 0 Å². The second kappa shape index (κ2) is 3.36. The smallest absolute Gasteiger partial charge is 0.0626 e. The molecule has 0 spiro atoms. The lowest BCUT2D eigenvalue weighted by Gasteiger charge is -2.25. The third-order valence-electron chi connectivity index (χ3n) is 2.51. The molecule has 0 bridgehead atoms. The van der Waals surface area contributed by atoms with Gasteiger partial charge < -0.3 is 16.2 Å². The Morgan fingerprint density at radius 2 is 2.38 bits per heavy atom. The van der Waals surface area contributed by atoms with Crippen LogP contribution in [0, 0.1) is 0 Å². The van der Waals surface area contributed by atoms with Gasteiger partial charge in [-0.2, -0.15) is 0 Å². The van der Waals surface area contributed by atoms with Crippen LogP contribution in [0.25, 0.3) is 0 Å². The van der Waals surface area contributed by atoms with Gasteiger partial charge >= 0.3 is 0 Å². The van der Waals surface area contributed by atoms with Gasteiger partial charge in [-0.3, -0.25) is 0 Å². The van der Waals surface area contributed by atoms with E-state index in [2.05, 4.69) is 5.32 Å². The third-order valence-corrected chi connectivity index (χ3v) is 2.51. The molecule has 4 N–H and O–H groups in total. The number of anilines is 1. The summed E-state index contributed by atoms with van der Waals surface area (Å²) in [6, 6.07) is 5.97. The van der Waals surface area contributed by atoms with Crippen LogP contribution in [-0.2, 0) is 6.42 Å². The third kappa shape index (κ3) is 1.53. The molecule has 2 rings (SSSR count). The molecule has 1 aromatic rings. The fraction of sp³-hybridized carbons (Fsp3) is 0.400. The molecular weight excluding hydrogens is 164 g/mol. The summed E-state index contributed by atoms with van der Waals surface area (Å²) >= 11 is 0. The van der Waals surface area contributed by atoms with E-state index in [-0.39, 0.29) is 12.6 Å². The summed E-state index contributed by atoms with van der Waals surface area (Å²) in [7, 11) is 0. The van der Waals surface area contributed by atoms with Crippen molar-refractivity contribution in [1.29, 1.82) is 0 Å². The molecule has 0 fully saturated rings. The summed E-state index contributed by atoms with van der Waals surface area (Å²) in [6.45, 7) is 1.07. The Bertz CT molecular complexity index is 312. The van der Waals surface area contributed by atoms with Gasteiger partial charge in [-0.1, -0.05) is 6.07 Å². The Morgan fingerprint density at radius 1 is 1.54 bits per heavy atom. The van der Waals surface area contributed by atoms with Gasteiger partial charge in [0.2, 0.25) is 0 Å². The molecule has 13 heavy (non-hydrogen) atoms. The molecule has 0 aliphatic carbocycles. The summed E-state index contributed by atoms with van der Waals surface area (Å²) in [5.74, 6) is 0. The van der Waals surface area contributed by atoms with Crippen molar-refractivity contribution in [3.05, 3.63) is 29.3 Å². The van der Waals surface area contributed by atoms with Gasteiger partial charge in [0.1, 0.15) is 0 Å². The zero-order chi connectivity index (χ0) is 9.26. The molecule has 70 valence electrons. The normalized spacial score (nSPS) is 21.2. The number of benzene rings is 1. The average molecular weight is 178 g/mol. The lowest BCUT2D eigenvalue weighted by atomic mass is 9.94. The summed E-state index contributed by atoms with van der Waals surface area (Å²) in [4.78, 5) is 0. The van der Waals surface area contributed by atoms with Gasteiger partial charge in [-0.25, -0.2) is 0 Å². The zero-order valence-electron chi connectivity index (χ0n) is 7.46. The fourth-order valence-corrected chi connectivity index (χ4v) is 1.82. The van der Waals surface area contributed by atoms with Crippen molar-refractivity contribution >= 4 is 5.69 Å². The second-order valence-corrected chi connectivity index (χ2v) is 3.40. The molecule has 1 aliphatic rings. The van der Waals surface area contributed by atoms with Crippen LogP contribution in [0.1, 0.15) is 17.2 Å². The van der Waals surface area contributed by atoms with E-state index in [1.54, 1.807) is 0 Å². The van der Waals surface area contributed by atoms with Gasteiger partial charge in [0.25, 0.3) is 0 Å². The Labute approximate surface area is 77.6 Å². The first-order valence-electron chi connectivity index (χ1n) is 4.54. The molecule has 3 nitrogen and oxygen atoms in total. The number of fused-ring (bicyclic) bond motifs is 1. The Morgan fingerprint density at radius 3 is 3.15 bits per heavy atom. The molecule has 1 aliphatic heterocycles. The van der Waals surface area contributed by atoms with E-state index in [4.69, 9.17) is 10.8 Å². The first-order valence-corrected chi connectivity index (χ1v) is 4.54. The highest BCUT2D eigenvalue weighted by Crippen LogP contribution is 2.24. The second-order valence-electron chi connectivity index (χ2n) is 3.40. The van der Waals surface area contributed by atoms with Crippen LogP contribution in [0.4, 0.5) is 5.69 Å². The van der Waals surface area contributed by atoms with Crippen LogP contribution in [0.3, 0.4) is 0 Å². The quantitative estimate of drug-likeness (QED) is 0.547. The van der Waals surface area contributed by atoms with Crippen LogP contribution in [-0.4, -0.2) is 18.3 Å². The number of nitrogen functional groups attached to an aromatic ring is 1. The molecule has 1 aromatic carbocycles. The standard InChI is InChI=1S/C10H14N2O/c11-8-2-1-7-3-4-12-10(6-13)9(7)5-8/h1-2,5,10,12-13H,3-4,6,11H2. The van der Waals surface area contributed by atoms with Crippen LogP contribution >= 0.6 is 0 Å². The molecule has 0 saturated heterocycles. The Balaban J connectivity index is 2.41. The number of nitrogens with one attached hydrogen (secondary N) is 1. The zero-order valence-corrected chi connectivity index (χ0v) is 7.46. The minimum Gasteiger partial charge on any atom is -0.399 e. The van der Waals surface area contributed by atoms with Crippen LogP contribution in [0.2, 0.25) is 0 Å². The number of aliphatic hydroxyl groups excluding tert-OH is 1. The van der Waals surface area contributed by atoms with E-state index in [1.165, 1.54) is 5.56 Å². The molecule has 1 atom stereocenters. The maximum absolute atomic E-state index is 9.13. The fourth-order valence-electron chi connectivity index (χ4n) is 1.82. The maximum Gasteiger partial charge on any atom is 0.0626 e. The lowest BCUT2D eigenvalue weighted by Crippen LogP contribution is -2.32. The summed E-state index contributed by atoms with van der Waals surface area (Å²) < 4.78 is 0. The van der Waals surface area contributed by atoms with Crippen molar-refractivity contribution < 1.29 is 5.11 Å². The van der Waals surface area contributed by atoms with Crippen molar-refractivity contribution in [2.45, 2.75) is 12.5 Å². The Hall–Kier alpha value is -1.06. The molecule has 1 heterocycles. The largest absolute Gasteiger partial charge is 0.399 e. The number of hydrogen-bond acceptors (Lipinski definition) is 3. The molecule has 0 saturated carbocycles. The number of aliphatic hydroxyl groups is 1. The first-order chi connectivity index (χ1) is 6.31. The number of nitrogens with two attached hydrogens (primary N) is 1. The van der Waals surface area contributed by atoms with Crippen molar-refractivity contribution in [2.75, 3.05) is 18.9 Å². The van der Waals surface area contributed by atoms with Crippen LogP contribution < -0.4 is 11.1 Å². The molecular formula is C10H14N2O. The van der Waals surface area contributed by atoms with Gasteiger partial charge in [-0.05, 0) is 36.2 Å². The molecule has 0 amide bonds. The van der Waals surface area contributed by atoms with E-state index >= 15 is 0 Å². The maximum atomic E-state index is 9.13. The lowest BCUT2D eigenvalue weighted by molar-refractivity contribution is 0.240. The van der Waals surface area contributed by atoms with E-state index in [1.807, 2.05) is 18.2 Å². The monoisotopic (exact) mass is 178 g/mol. The van der Waals surface area contributed by atoms with Gasteiger partial charge in [0.15, 0.2) is 0 Å². The van der Waals surface area contributed by atoms with Crippen molar-refractivity contribution in [3.8, 4) is 0 Å². The van der Waals surface area contributed by atoms with Crippen molar-refractivity contribution in [3.63, 3.8) is 0 Å². The minimum absolute atomic E-state index is 0.0623. The van der Waals surface area contributed by atoms with E-state index < -0.39 is 0 Å². The van der Waals surface area contributed by atoms with Gasteiger partial charge in [0, 0.05) is 5.69 Å². The number of hydrogen-bond donors (Lipinski definition) is 3. The highest BCUT2D eigenvalue weighted by atomic mass is 16.3. The molecule has 1 unspecified atom stereocenters. The van der Waals surface area contributed by atoms with E-state index in [0.29, 0.717) is 0 Å². The van der Waals surface area contributed by atoms with Crippen molar-refractivity contribution in [1.82, 2.24) is 5.32 Å². The van der Waals surface area contributed by atoms with Crippen LogP contribution in [0.15, 0.2) is 18.2 Å². The Kier molecular flexibility index (Phi) is 2.20. The molecule has 0 radical (unpaired) electrons. The minimum atomic E-state index is 0.0623. The summed E-state index contributed by atoms with van der Waals surface area (Å²) in [6.07, 6.45) is 1.02. The average Bonchev–Trinajstić information content (AvgIpc) is 2.17. The van der Waals surface area contributed by atoms with Gasteiger partial charge in [0.05, 0.1) is 12.6 Å². The molecule has 0 aromatic heterocycles. The first kappa shape index (κ1) is 8.53. The summed E-state index contributed by atoms with van der Waals surface area (Å²) in [5, 5.41) is 12.4. The predicted octanol–water partition coefficient (Wildman–Crippen LogP) is 0.448.